The SMILES string of the molecule is CC[C@@H]1c2ccsc2CC[NH+]1Cn1nc(-c2ccc(OC)cc2OC)oc1=S. The summed E-state index contributed by atoms with van der Waals surface area (Å²) in [4.78, 5) is 3.36. The van der Waals surface area contributed by atoms with Crippen molar-refractivity contribution < 1.29 is 18.8 Å². The molecule has 1 N–H and O–H groups in total. The number of thiophene rings is 1. The number of hydrogen-bond donors (Lipinski definition) is 1. The lowest BCUT2D eigenvalue weighted by molar-refractivity contribution is -0.956. The first-order chi connectivity index (χ1) is 13.6. The first-order valence-electron chi connectivity index (χ1n) is 9.35. The van der Waals surface area contributed by atoms with Gasteiger partial charge in [-0.1, -0.05) is 6.92 Å². The molecule has 0 spiro atoms. The van der Waals surface area contributed by atoms with Crippen LogP contribution >= 0.6 is 23.6 Å². The molecule has 1 unspecified atom stereocenters. The number of rotatable bonds is 6. The van der Waals surface area contributed by atoms with E-state index in [1.807, 2.05) is 29.5 Å². The molecule has 0 saturated carbocycles. The molecular formula is C20H24N3O3S2+. The van der Waals surface area contributed by atoms with E-state index in [0.29, 0.717) is 34.9 Å². The third kappa shape index (κ3) is 3.47. The Balaban J connectivity index is 1.62. The number of nitrogens with zero attached hydrogens (tertiary/aromatic N) is 2. The van der Waals surface area contributed by atoms with E-state index < -0.39 is 0 Å². The highest BCUT2D eigenvalue weighted by molar-refractivity contribution is 7.71. The fourth-order valence-electron chi connectivity index (χ4n) is 3.91. The fraction of sp³-hybridized carbons (Fsp3) is 0.400. The second-order valence-electron chi connectivity index (χ2n) is 6.82. The van der Waals surface area contributed by atoms with Crippen LogP contribution in [-0.2, 0) is 13.1 Å². The van der Waals surface area contributed by atoms with Gasteiger partial charge in [-0.25, -0.2) is 0 Å². The minimum atomic E-state index is 0.381. The van der Waals surface area contributed by atoms with Gasteiger partial charge in [0.2, 0.25) is 0 Å². The smallest absolute Gasteiger partial charge is 0.292 e. The van der Waals surface area contributed by atoms with E-state index >= 15 is 0 Å². The van der Waals surface area contributed by atoms with Gasteiger partial charge < -0.3 is 18.8 Å². The average molecular weight is 419 g/mol. The summed E-state index contributed by atoms with van der Waals surface area (Å²) in [6, 6.07) is 8.28. The Morgan fingerprint density at radius 1 is 1.32 bits per heavy atom. The number of nitrogens with one attached hydrogen (secondary N) is 1. The Kier molecular flexibility index (Phi) is 5.52. The van der Waals surface area contributed by atoms with Crippen molar-refractivity contribution in [3.63, 3.8) is 0 Å². The summed E-state index contributed by atoms with van der Waals surface area (Å²) in [5.74, 6) is 1.82. The van der Waals surface area contributed by atoms with Crippen LogP contribution in [0.5, 0.6) is 11.5 Å². The maximum absolute atomic E-state index is 5.82. The molecule has 0 saturated heterocycles. The van der Waals surface area contributed by atoms with Crippen molar-refractivity contribution in [3.8, 4) is 23.0 Å². The molecule has 4 rings (SSSR count). The van der Waals surface area contributed by atoms with E-state index in [-0.39, 0.29) is 0 Å². The van der Waals surface area contributed by atoms with Crippen molar-refractivity contribution in [3.05, 3.63) is 44.9 Å². The number of fused-ring (bicyclic) bond motifs is 1. The summed E-state index contributed by atoms with van der Waals surface area (Å²) in [5.41, 5.74) is 2.23. The summed E-state index contributed by atoms with van der Waals surface area (Å²) in [6.45, 7) is 4.00. The highest BCUT2D eigenvalue weighted by Crippen LogP contribution is 2.32. The Morgan fingerprint density at radius 3 is 2.93 bits per heavy atom. The zero-order chi connectivity index (χ0) is 19.7. The van der Waals surface area contributed by atoms with E-state index in [2.05, 4.69) is 23.5 Å². The molecule has 0 amide bonds. The maximum Gasteiger partial charge on any atom is 0.292 e. The maximum atomic E-state index is 5.82. The number of benzene rings is 1. The van der Waals surface area contributed by atoms with Gasteiger partial charge in [0, 0.05) is 29.3 Å². The second kappa shape index (κ2) is 8.06. The molecule has 8 heteroatoms. The summed E-state index contributed by atoms with van der Waals surface area (Å²) < 4.78 is 18.4. The van der Waals surface area contributed by atoms with Gasteiger partial charge >= 0.3 is 0 Å². The quantitative estimate of drug-likeness (QED) is 0.621. The van der Waals surface area contributed by atoms with Crippen molar-refractivity contribution in [1.29, 1.82) is 0 Å². The van der Waals surface area contributed by atoms with E-state index in [9.17, 15) is 0 Å². The van der Waals surface area contributed by atoms with Crippen LogP contribution in [0.2, 0.25) is 0 Å². The highest BCUT2D eigenvalue weighted by atomic mass is 32.1. The van der Waals surface area contributed by atoms with Crippen LogP contribution in [-0.4, -0.2) is 30.5 Å². The van der Waals surface area contributed by atoms with Crippen molar-refractivity contribution >= 4 is 23.6 Å². The van der Waals surface area contributed by atoms with Gasteiger partial charge in [-0.3, -0.25) is 0 Å². The molecule has 0 fully saturated rings. The first-order valence-corrected chi connectivity index (χ1v) is 10.6. The highest BCUT2D eigenvalue weighted by Gasteiger charge is 2.31. The normalized spacial score (nSPS) is 18.7. The summed E-state index contributed by atoms with van der Waals surface area (Å²) >= 11 is 7.33. The van der Waals surface area contributed by atoms with Gasteiger partial charge in [0.25, 0.3) is 10.7 Å². The van der Waals surface area contributed by atoms with Gasteiger partial charge in [0.15, 0.2) is 6.67 Å². The Labute approximate surface area is 173 Å². The standard InChI is InChI=1S/C20H23N3O3S2/c1-4-16-14-8-10-28-18(14)7-9-22(16)12-23-20(27)26-19(21-23)15-6-5-13(24-2)11-17(15)25-3/h5-6,8,10-11,16H,4,7,9,12H2,1-3H3/p+1/t16-/m1/s1. The van der Waals surface area contributed by atoms with Crippen LogP contribution in [0, 0.1) is 4.84 Å². The third-order valence-corrected chi connectivity index (χ3v) is 6.62. The number of methoxy groups -OCH3 is 2. The molecular weight excluding hydrogens is 394 g/mol. The Bertz CT molecular complexity index is 1020. The molecule has 0 radical (unpaired) electrons. The van der Waals surface area contributed by atoms with Gasteiger partial charge in [0.1, 0.15) is 17.5 Å². The molecule has 2 aromatic heterocycles. The lowest BCUT2D eigenvalue weighted by Gasteiger charge is -2.31. The minimum Gasteiger partial charge on any atom is -0.497 e. The van der Waals surface area contributed by atoms with E-state index in [1.54, 1.807) is 18.9 Å². The Morgan fingerprint density at radius 2 is 2.18 bits per heavy atom. The number of ether oxygens (including phenoxy) is 2. The lowest BCUT2D eigenvalue weighted by Crippen LogP contribution is -3.12. The zero-order valence-corrected chi connectivity index (χ0v) is 17.9. The number of hydrogen-bond acceptors (Lipinski definition) is 6. The average Bonchev–Trinajstić information content (AvgIpc) is 3.34. The molecule has 0 bridgehead atoms. The van der Waals surface area contributed by atoms with E-state index in [0.717, 1.165) is 24.9 Å². The summed E-state index contributed by atoms with van der Waals surface area (Å²) in [7, 11) is 3.24. The van der Waals surface area contributed by atoms with E-state index in [4.69, 9.17) is 26.1 Å². The van der Waals surface area contributed by atoms with E-state index in [1.165, 1.54) is 15.3 Å². The number of quaternary nitrogens is 1. The van der Waals surface area contributed by atoms with Crippen LogP contribution in [0.3, 0.4) is 0 Å². The molecule has 0 aliphatic carbocycles. The first kappa shape index (κ1) is 19.2. The molecule has 6 nitrogen and oxygen atoms in total. The minimum absolute atomic E-state index is 0.381. The molecule has 28 heavy (non-hydrogen) atoms. The summed E-state index contributed by atoms with van der Waals surface area (Å²) in [5, 5.41) is 6.86. The third-order valence-electron chi connectivity index (χ3n) is 5.33. The van der Waals surface area contributed by atoms with Gasteiger partial charge in [-0.05, 0) is 35.8 Å². The van der Waals surface area contributed by atoms with Crippen LogP contribution in [0.4, 0.5) is 0 Å². The van der Waals surface area contributed by atoms with Crippen molar-refractivity contribution in [1.82, 2.24) is 9.78 Å². The van der Waals surface area contributed by atoms with Gasteiger partial charge in [-0.15, -0.1) is 16.4 Å². The Hall–Kier alpha value is -2.16. The largest absolute Gasteiger partial charge is 0.497 e. The lowest BCUT2D eigenvalue weighted by atomic mass is 9.98. The van der Waals surface area contributed by atoms with Gasteiger partial charge in [0.05, 0.1) is 26.3 Å². The monoisotopic (exact) mass is 418 g/mol. The summed E-state index contributed by atoms with van der Waals surface area (Å²) in [6.07, 6.45) is 2.19. The van der Waals surface area contributed by atoms with Crippen LogP contribution in [0.1, 0.15) is 29.8 Å². The fourth-order valence-corrected chi connectivity index (χ4v) is 5.04. The number of aromatic nitrogens is 2. The molecule has 1 aromatic carbocycles. The topological polar surface area (TPSA) is 53.9 Å². The molecule has 3 aromatic rings. The van der Waals surface area contributed by atoms with Crippen LogP contribution < -0.4 is 14.4 Å². The molecule has 2 atom stereocenters. The molecule has 1 aliphatic heterocycles. The van der Waals surface area contributed by atoms with Crippen molar-refractivity contribution in [2.24, 2.45) is 0 Å². The predicted molar refractivity (Wildman–Crippen MR) is 111 cm³/mol. The second-order valence-corrected chi connectivity index (χ2v) is 8.17. The van der Waals surface area contributed by atoms with Crippen molar-refractivity contribution in [2.45, 2.75) is 32.5 Å². The molecule has 3 heterocycles. The van der Waals surface area contributed by atoms with Crippen molar-refractivity contribution in [2.75, 3.05) is 20.8 Å². The zero-order valence-electron chi connectivity index (χ0n) is 16.2. The molecule has 148 valence electrons. The predicted octanol–water partition coefficient (Wildman–Crippen LogP) is 3.50. The molecule has 1 aliphatic rings. The van der Waals surface area contributed by atoms with Crippen LogP contribution in [0.15, 0.2) is 34.1 Å². The van der Waals surface area contributed by atoms with Crippen LogP contribution in [0.25, 0.3) is 11.5 Å². The van der Waals surface area contributed by atoms with Gasteiger partial charge in [-0.2, -0.15) is 4.68 Å².